The molecule has 0 radical (unpaired) electrons. The van der Waals surface area contributed by atoms with Crippen LogP contribution in [0.4, 0.5) is 10.1 Å². The Hall–Kier alpha value is -2.99. The molecule has 2 saturated carbocycles. The molecule has 2 aromatic rings. The second kappa shape index (κ2) is 7.01. The zero-order valence-electron chi connectivity index (χ0n) is 17.0. The molecule has 3 fully saturated rings. The van der Waals surface area contributed by atoms with Gasteiger partial charge in [-0.15, -0.1) is 0 Å². The third-order valence-electron chi connectivity index (χ3n) is 7.52. The second-order valence-electron chi connectivity index (χ2n) is 9.09. The van der Waals surface area contributed by atoms with Crippen LogP contribution in [0, 0.1) is 41.3 Å². The van der Waals surface area contributed by atoms with Crippen molar-refractivity contribution in [3.63, 3.8) is 0 Å². The van der Waals surface area contributed by atoms with Gasteiger partial charge in [-0.25, -0.2) is 4.39 Å². The van der Waals surface area contributed by atoms with Crippen LogP contribution < -0.4 is 4.90 Å². The number of halogens is 2. The molecule has 6 unspecified atom stereocenters. The Morgan fingerprint density at radius 3 is 2.16 bits per heavy atom. The zero-order valence-corrected chi connectivity index (χ0v) is 17.8. The van der Waals surface area contributed by atoms with Crippen LogP contribution in [-0.2, 0) is 9.59 Å². The lowest BCUT2D eigenvalue weighted by molar-refractivity contribution is -0.140. The summed E-state index contributed by atoms with van der Waals surface area (Å²) in [4.78, 5) is 42.8. The number of imide groups is 1. The number of benzene rings is 2. The van der Waals surface area contributed by atoms with Crippen molar-refractivity contribution in [2.75, 3.05) is 11.6 Å². The first-order valence-electron chi connectivity index (χ1n) is 10.8. The number of allylic oxidation sites excluding steroid dienone is 2. The molecule has 0 aromatic heterocycles. The molecule has 0 N–H and O–H groups in total. The maximum atomic E-state index is 13.6. The molecule has 7 rings (SSSR count). The van der Waals surface area contributed by atoms with E-state index in [0.717, 1.165) is 6.42 Å². The van der Waals surface area contributed by atoms with Gasteiger partial charge in [0.1, 0.15) is 12.5 Å². The van der Waals surface area contributed by atoms with Crippen LogP contribution in [0.15, 0.2) is 60.7 Å². The van der Waals surface area contributed by atoms with Gasteiger partial charge in [-0.2, -0.15) is 0 Å². The highest BCUT2D eigenvalue weighted by Gasteiger charge is 2.67. The Morgan fingerprint density at radius 1 is 0.969 bits per heavy atom. The predicted octanol–water partition coefficient (Wildman–Crippen LogP) is 4.14. The topological polar surface area (TPSA) is 57.7 Å². The first kappa shape index (κ1) is 19.7. The fourth-order valence-electron chi connectivity index (χ4n) is 5.96. The van der Waals surface area contributed by atoms with Crippen LogP contribution >= 0.6 is 11.6 Å². The van der Waals surface area contributed by atoms with E-state index in [0.29, 0.717) is 17.5 Å². The summed E-state index contributed by atoms with van der Waals surface area (Å²) >= 11 is 6.25. The van der Waals surface area contributed by atoms with Gasteiger partial charge >= 0.3 is 0 Å². The molecule has 5 nitrogen and oxygen atoms in total. The van der Waals surface area contributed by atoms with Crippen LogP contribution in [0.1, 0.15) is 16.8 Å². The van der Waals surface area contributed by atoms with E-state index in [1.807, 2.05) is 0 Å². The lowest BCUT2D eigenvalue weighted by Gasteiger charge is -2.37. The highest BCUT2D eigenvalue weighted by atomic mass is 35.5. The molecule has 1 aliphatic heterocycles. The van der Waals surface area contributed by atoms with E-state index in [9.17, 15) is 18.8 Å². The van der Waals surface area contributed by atoms with Crippen LogP contribution in [0.2, 0.25) is 5.02 Å². The van der Waals surface area contributed by atoms with E-state index in [4.69, 9.17) is 11.6 Å². The summed E-state index contributed by atoms with van der Waals surface area (Å²) in [6.07, 6.45) is 5.31. The number of rotatable bonds is 4. The Morgan fingerprint density at radius 2 is 1.56 bits per heavy atom. The SMILES string of the molecule is O=C1C2C3C=CC(C4CC34)C2C(=O)N1CN(C(=O)c1ccccc1Cl)c1ccc(F)cc1. The Kier molecular flexibility index (Phi) is 4.31. The van der Waals surface area contributed by atoms with Gasteiger partial charge < -0.3 is 0 Å². The van der Waals surface area contributed by atoms with Gasteiger partial charge in [0.25, 0.3) is 5.91 Å². The van der Waals surface area contributed by atoms with Crippen molar-refractivity contribution >= 4 is 35.0 Å². The number of nitrogens with zero attached hydrogens (tertiary/aromatic N) is 2. The highest BCUT2D eigenvalue weighted by molar-refractivity contribution is 6.34. The molecule has 1 saturated heterocycles. The maximum absolute atomic E-state index is 13.6. The van der Waals surface area contributed by atoms with E-state index in [-0.39, 0.29) is 52.7 Å². The molecule has 3 amide bonds. The van der Waals surface area contributed by atoms with Crippen LogP contribution in [0.25, 0.3) is 0 Å². The quantitative estimate of drug-likeness (QED) is 0.519. The largest absolute Gasteiger partial charge is 0.289 e. The summed E-state index contributed by atoms with van der Waals surface area (Å²) in [5.41, 5.74) is 0.633. The minimum Gasteiger partial charge on any atom is -0.289 e. The van der Waals surface area contributed by atoms with Gasteiger partial charge in [0.2, 0.25) is 11.8 Å². The molecular formula is C25H20ClFN2O3. The molecule has 0 spiro atoms. The minimum absolute atomic E-state index is 0.106. The van der Waals surface area contributed by atoms with Gasteiger partial charge in [-0.1, -0.05) is 35.9 Å². The van der Waals surface area contributed by atoms with Gasteiger partial charge in [-0.3, -0.25) is 24.2 Å². The second-order valence-corrected chi connectivity index (χ2v) is 9.50. The van der Waals surface area contributed by atoms with Gasteiger partial charge in [0.05, 0.1) is 22.4 Å². The monoisotopic (exact) mass is 450 g/mol. The summed E-state index contributed by atoms with van der Waals surface area (Å²) in [6, 6.07) is 12.0. The summed E-state index contributed by atoms with van der Waals surface area (Å²) in [5, 5.41) is 0.264. The number of hydrogen-bond acceptors (Lipinski definition) is 3. The minimum atomic E-state index is -0.457. The Bertz CT molecular complexity index is 1140. The number of likely N-dealkylation sites (tertiary alicyclic amines) is 1. The van der Waals surface area contributed by atoms with Crippen molar-refractivity contribution in [1.82, 2.24) is 4.90 Å². The number of carbonyl (C=O) groups excluding carboxylic acids is 3. The van der Waals surface area contributed by atoms with Crippen molar-refractivity contribution in [2.24, 2.45) is 35.5 Å². The number of carbonyl (C=O) groups is 3. The van der Waals surface area contributed by atoms with E-state index in [2.05, 4.69) is 12.2 Å². The molecule has 2 bridgehead atoms. The maximum Gasteiger partial charge on any atom is 0.261 e. The fourth-order valence-corrected chi connectivity index (χ4v) is 6.18. The lowest BCUT2D eigenvalue weighted by Crippen LogP contribution is -2.45. The van der Waals surface area contributed by atoms with Crippen LogP contribution in [-0.4, -0.2) is 29.3 Å². The Labute approximate surface area is 189 Å². The van der Waals surface area contributed by atoms with E-state index in [1.165, 1.54) is 34.1 Å². The summed E-state index contributed by atoms with van der Waals surface area (Å²) in [5.74, 6) is -0.806. The average Bonchev–Trinajstić information content (AvgIpc) is 3.58. The molecular weight excluding hydrogens is 431 g/mol. The predicted molar refractivity (Wildman–Crippen MR) is 116 cm³/mol. The molecule has 7 heteroatoms. The van der Waals surface area contributed by atoms with Gasteiger partial charge in [-0.05, 0) is 66.5 Å². The lowest BCUT2D eigenvalue weighted by atomic mass is 9.63. The molecule has 1 heterocycles. The molecule has 32 heavy (non-hydrogen) atoms. The Balaban J connectivity index is 1.35. The van der Waals surface area contributed by atoms with E-state index < -0.39 is 11.7 Å². The van der Waals surface area contributed by atoms with Crippen LogP contribution in [0.5, 0.6) is 0 Å². The number of anilines is 1. The van der Waals surface area contributed by atoms with Crippen molar-refractivity contribution in [3.8, 4) is 0 Å². The highest BCUT2D eigenvalue weighted by Crippen LogP contribution is 2.65. The van der Waals surface area contributed by atoms with Crippen molar-refractivity contribution < 1.29 is 18.8 Å². The van der Waals surface area contributed by atoms with E-state index in [1.54, 1.807) is 24.3 Å². The molecule has 2 aromatic carbocycles. The molecule has 4 aliphatic carbocycles. The van der Waals surface area contributed by atoms with E-state index >= 15 is 0 Å². The van der Waals surface area contributed by atoms with Crippen LogP contribution in [0.3, 0.4) is 0 Å². The summed E-state index contributed by atoms with van der Waals surface area (Å²) in [7, 11) is 0. The standard InChI is InChI=1S/C25H20ClFN2O3/c26-20-4-2-1-3-17(20)23(30)28(14-7-5-13(27)6-8-14)12-29-24(31)21-15-9-10-16(19-11-18(15)19)22(21)25(29)32/h1-10,15-16,18-19,21-22H,11-12H2. The summed E-state index contributed by atoms with van der Waals surface area (Å²) < 4.78 is 13.6. The first-order valence-corrected chi connectivity index (χ1v) is 11.2. The third kappa shape index (κ3) is 2.78. The number of hydrogen-bond donors (Lipinski definition) is 0. The van der Waals surface area contributed by atoms with Gasteiger partial charge in [0, 0.05) is 5.69 Å². The van der Waals surface area contributed by atoms with Crippen molar-refractivity contribution in [2.45, 2.75) is 6.42 Å². The molecule has 162 valence electrons. The third-order valence-corrected chi connectivity index (χ3v) is 7.85. The van der Waals surface area contributed by atoms with Gasteiger partial charge in [0.15, 0.2) is 0 Å². The summed E-state index contributed by atoms with van der Waals surface area (Å²) in [6.45, 7) is -0.227. The first-order chi connectivity index (χ1) is 15.5. The fraction of sp³-hybridized carbons (Fsp3) is 0.320. The number of amides is 3. The van der Waals surface area contributed by atoms with Crippen molar-refractivity contribution in [3.05, 3.63) is 77.1 Å². The normalized spacial score (nSPS) is 31.5. The smallest absolute Gasteiger partial charge is 0.261 e. The zero-order chi connectivity index (χ0) is 22.1. The average molecular weight is 451 g/mol. The molecule has 6 atom stereocenters. The van der Waals surface area contributed by atoms with Crippen molar-refractivity contribution in [1.29, 1.82) is 0 Å². The molecule has 5 aliphatic rings.